The number of nitro groups is 1. The van der Waals surface area contributed by atoms with E-state index in [4.69, 9.17) is 11.6 Å². The Morgan fingerprint density at radius 1 is 1.53 bits per heavy atom. The molecule has 7 heteroatoms. The van der Waals surface area contributed by atoms with Gasteiger partial charge in [0, 0.05) is 19.2 Å². The van der Waals surface area contributed by atoms with Gasteiger partial charge < -0.3 is 4.90 Å². The minimum Gasteiger partial charge on any atom is -0.339 e. The number of carbonyl (C=O) groups excluding carboxylic acids is 1. The van der Waals surface area contributed by atoms with Crippen molar-refractivity contribution in [1.82, 2.24) is 9.88 Å². The zero-order chi connectivity index (χ0) is 14.4. The van der Waals surface area contributed by atoms with Crippen LogP contribution in [0.2, 0.25) is 5.15 Å². The van der Waals surface area contributed by atoms with Gasteiger partial charge in [0.25, 0.3) is 11.6 Å². The van der Waals surface area contributed by atoms with E-state index in [2.05, 4.69) is 4.98 Å². The highest BCUT2D eigenvalue weighted by Gasteiger charge is 2.21. The van der Waals surface area contributed by atoms with Gasteiger partial charge in [-0.25, -0.2) is 4.98 Å². The molecule has 1 heterocycles. The lowest BCUT2D eigenvalue weighted by molar-refractivity contribution is -0.385. The Balaban J connectivity index is 3.02. The van der Waals surface area contributed by atoms with Gasteiger partial charge in [0.15, 0.2) is 0 Å². The number of carbonyl (C=O) groups is 1. The SMILES string of the molecule is CCCCN(CC)C(=O)c1cc([N+](=O)[O-])cnc1Cl. The summed E-state index contributed by atoms with van der Waals surface area (Å²) in [6, 6.07) is 1.17. The third kappa shape index (κ3) is 3.89. The Kier molecular flexibility index (Phi) is 5.69. The van der Waals surface area contributed by atoms with Gasteiger partial charge in [-0.3, -0.25) is 14.9 Å². The highest BCUT2D eigenvalue weighted by Crippen LogP contribution is 2.20. The fourth-order valence-electron chi connectivity index (χ4n) is 1.61. The summed E-state index contributed by atoms with van der Waals surface area (Å²) in [6.45, 7) is 5.01. The van der Waals surface area contributed by atoms with Crippen LogP contribution < -0.4 is 0 Å². The van der Waals surface area contributed by atoms with Crippen molar-refractivity contribution in [2.24, 2.45) is 0 Å². The van der Waals surface area contributed by atoms with E-state index < -0.39 is 4.92 Å². The van der Waals surface area contributed by atoms with E-state index in [1.165, 1.54) is 6.07 Å². The number of amides is 1. The van der Waals surface area contributed by atoms with Crippen molar-refractivity contribution in [2.45, 2.75) is 26.7 Å². The number of halogens is 1. The molecule has 1 aromatic rings. The molecule has 1 aromatic heterocycles. The molecule has 0 aliphatic carbocycles. The molecular formula is C12H16ClN3O3. The molecule has 1 amide bonds. The number of aromatic nitrogens is 1. The molecular weight excluding hydrogens is 270 g/mol. The van der Waals surface area contributed by atoms with Crippen molar-refractivity contribution in [1.29, 1.82) is 0 Å². The molecule has 104 valence electrons. The Hall–Kier alpha value is -1.69. The van der Waals surface area contributed by atoms with E-state index in [9.17, 15) is 14.9 Å². The maximum absolute atomic E-state index is 12.3. The summed E-state index contributed by atoms with van der Waals surface area (Å²) in [4.78, 5) is 27.7. The molecule has 1 rings (SSSR count). The van der Waals surface area contributed by atoms with Gasteiger partial charge in [-0.2, -0.15) is 0 Å². The number of rotatable bonds is 6. The molecule has 0 N–H and O–H groups in total. The lowest BCUT2D eigenvalue weighted by atomic mass is 10.2. The van der Waals surface area contributed by atoms with Crippen molar-refractivity contribution >= 4 is 23.2 Å². The third-order valence-electron chi connectivity index (χ3n) is 2.72. The second kappa shape index (κ2) is 7.04. The quantitative estimate of drug-likeness (QED) is 0.457. The first-order valence-corrected chi connectivity index (χ1v) is 6.48. The monoisotopic (exact) mass is 285 g/mol. The molecule has 0 saturated carbocycles. The fraction of sp³-hybridized carbons (Fsp3) is 0.500. The van der Waals surface area contributed by atoms with Crippen LogP contribution in [0.4, 0.5) is 5.69 Å². The van der Waals surface area contributed by atoms with Crippen LogP contribution in [0, 0.1) is 10.1 Å². The van der Waals surface area contributed by atoms with E-state index in [0.29, 0.717) is 13.1 Å². The van der Waals surface area contributed by atoms with E-state index in [1.807, 2.05) is 13.8 Å². The second-order valence-corrected chi connectivity index (χ2v) is 4.39. The number of pyridine rings is 1. The first-order valence-electron chi connectivity index (χ1n) is 6.10. The molecule has 6 nitrogen and oxygen atoms in total. The normalized spacial score (nSPS) is 10.3. The Bertz CT molecular complexity index is 479. The maximum Gasteiger partial charge on any atom is 0.288 e. The molecule has 0 aromatic carbocycles. The zero-order valence-corrected chi connectivity index (χ0v) is 11.7. The van der Waals surface area contributed by atoms with Crippen LogP contribution >= 0.6 is 11.6 Å². The highest BCUT2D eigenvalue weighted by molar-refractivity contribution is 6.32. The van der Waals surface area contributed by atoms with Crippen LogP contribution in [-0.4, -0.2) is 33.8 Å². The smallest absolute Gasteiger partial charge is 0.288 e. The molecule has 0 saturated heterocycles. The number of hydrogen-bond acceptors (Lipinski definition) is 4. The summed E-state index contributed by atoms with van der Waals surface area (Å²) >= 11 is 5.85. The average Bonchev–Trinajstić information content (AvgIpc) is 2.39. The maximum atomic E-state index is 12.3. The standard InChI is InChI=1S/C12H16ClN3O3/c1-3-5-6-15(4-2)12(17)10-7-9(16(18)19)8-14-11(10)13/h7-8H,3-6H2,1-2H3. The largest absolute Gasteiger partial charge is 0.339 e. The summed E-state index contributed by atoms with van der Waals surface area (Å²) in [7, 11) is 0. The lowest BCUT2D eigenvalue weighted by Crippen LogP contribution is -2.32. The summed E-state index contributed by atoms with van der Waals surface area (Å²) in [5.41, 5.74) is -0.159. The third-order valence-corrected chi connectivity index (χ3v) is 3.02. The van der Waals surface area contributed by atoms with E-state index in [-0.39, 0.29) is 22.3 Å². The number of nitrogens with zero attached hydrogens (tertiary/aromatic N) is 3. The van der Waals surface area contributed by atoms with Crippen molar-refractivity contribution in [3.05, 3.63) is 33.1 Å². The predicted molar refractivity (Wildman–Crippen MR) is 72.4 cm³/mol. The average molecular weight is 286 g/mol. The minimum atomic E-state index is -0.595. The summed E-state index contributed by atoms with van der Waals surface area (Å²) in [6.07, 6.45) is 2.88. The van der Waals surface area contributed by atoms with Crippen molar-refractivity contribution < 1.29 is 9.72 Å². The van der Waals surface area contributed by atoms with Crippen LogP contribution in [0.25, 0.3) is 0 Å². The number of hydrogen-bond donors (Lipinski definition) is 0. The van der Waals surface area contributed by atoms with Gasteiger partial charge in [0.05, 0.1) is 10.5 Å². The zero-order valence-electron chi connectivity index (χ0n) is 10.9. The molecule has 0 fully saturated rings. The van der Waals surface area contributed by atoms with Crippen molar-refractivity contribution in [3.8, 4) is 0 Å². The molecule has 0 spiro atoms. The Morgan fingerprint density at radius 2 is 2.21 bits per heavy atom. The van der Waals surface area contributed by atoms with Crippen LogP contribution in [0.1, 0.15) is 37.0 Å². The Labute approximate surface area is 116 Å². The summed E-state index contributed by atoms with van der Waals surface area (Å²) in [5, 5.41) is 10.7. The Morgan fingerprint density at radius 3 is 2.74 bits per heavy atom. The molecule has 0 bridgehead atoms. The van der Waals surface area contributed by atoms with E-state index >= 15 is 0 Å². The number of unbranched alkanes of at least 4 members (excludes halogenated alkanes) is 1. The molecule has 19 heavy (non-hydrogen) atoms. The first-order chi connectivity index (χ1) is 9.01. The van der Waals surface area contributed by atoms with Crippen LogP contribution in [0.3, 0.4) is 0 Å². The lowest BCUT2D eigenvalue weighted by Gasteiger charge is -2.20. The van der Waals surface area contributed by atoms with Gasteiger partial charge >= 0.3 is 0 Å². The highest BCUT2D eigenvalue weighted by atomic mass is 35.5. The first kappa shape index (κ1) is 15.4. The van der Waals surface area contributed by atoms with Gasteiger partial charge in [-0.05, 0) is 13.3 Å². The predicted octanol–water partition coefficient (Wildman–Crippen LogP) is 2.91. The summed E-state index contributed by atoms with van der Waals surface area (Å²) in [5.74, 6) is -0.322. The molecule has 0 aliphatic rings. The van der Waals surface area contributed by atoms with Crippen LogP contribution in [0.15, 0.2) is 12.3 Å². The molecule has 0 atom stereocenters. The van der Waals surface area contributed by atoms with Gasteiger partial charge in [-0.15, -0.1) is 0 Å². The fourth-order valence-corrected chi connectivity index (χ4v) is 1.79. The minimum absolute atomic E-state index is 0.00875. The van der Waals surface area contributed by atoms with Crippen LogP contribution in [-0.2, 0) is 0 Å². The molecule has 0 unspecified atom stereocenters. The second-order valence-electron chi connectivity index (χ2n) is 4.03. The van der Waals surface area contributed by atoms with Crippen LogP contribution in [0.5, 0.6) is 0 Å². The van der Waals surface area contributed by atoms with Crippen molar-refractivity contribution in [3.63, 3.8) is 0 Å². The van der Waals surface area contributed by atoms with E-state index in [1.54, 1.807) is 4.90 Å². The molecule has 0 aliphatic heterocycles. The topological polar surface area (TPSA) is 76.3 Å². The van der Waals surface area contributed by atoms with Gasteiger partial charge in [0.2, 0.25) is 0 Å². The van der Waals surface area contributed by atoms with Gasteiger partial charge in [-0.1, -0.05) is 24.9 Å². The van der Waals surface area contributed by atoms with Gasteiger partial charge in [0.1, 0.15) is 11.3 Å². The van der Waals surface area contributed by atoms with E-state index in [0.717, 1.165) is 19.0 Å². The summed E-state index contributed by atoms with van der Waals surface area (Å²) < 4.78 is 0. The van der Waals surface area contributed by atoms with Crippen molar-refractivity contribution in [2.75, 3.05) is 13.1 Å². The molecule has 0 radical (unpaired) electrons.